The number of carbonyl (C=O) groups is 1. The van der Waals surface area contributed by atoms with Crippen molar-refractivity contribution in [1.82, 2.24) is 0 Å². The first-order valence-corrected chi connectivity index (χ1v) is 20.3. The number of carbonyl (C=O) groups excluding carboxylic acids is 1. The minimum absolute atomic E-state index is 0.121. The van der Waals surface area contributed by atoms with Gasteiger partial charge in [-0.2, -0.15) is 0 Å². The molecule has 3 aliphatic rings. The van der Waals surface area contributed by atoms with E-state index in [-0.39, 0.29) is 17.0 Å². The third-order valence-electron chi connectivity index (χ3n) is 8.38. The van der Waals surface area contributed by atoms with Crippen LogP contribution in [0.15, 0.2) is 12.2 Å². The van der Waals surface area contributed by atoms with Gasteiger partial charge in [-0.3, -0.25) is 0 Å². The summed E-state index contributed by atoms with van der Waals surface area (Å²) < 4.78 is 12.2. The molecule has 1 unspecified atom stereocenters. The molecule has 4 atom stereocenters. The van der Waals surface area contributed by atoms with Crippen LogP contribution in [0.25, 0.3) is 0 Å². The van der Waals surface area contributed by atoms with Crippen LogP contribution in [0.3, 0.4) is 0 Å². The molecule has 2 fully saturated rings. The Bertz CT molecular complexity index is 559. The van der Waals surface area contributed by atoms with Crippen molar-refractivity contribution >= 4 is 24.3 Å². The SMILES string of the molecule is CCC[CH2][Sn]([CH2]CCC)([CH2]CCC)[CH2]C1C[C@]23CC=C[C@H]1[C@H]2C(C)(C)OC3=O. The summed E-state index contributed by atoms with van der Waals surface area (Å²) >= 11 is -2.20. The molecule has 1 aliphatic heterocycles. The van der Waals surface area contributed by atoms with Gasteiger partial charge in [-0.15, -0.1) is 0 Å². The van der Waals surface area contributed by atoms with Crippen molar-refractivity contribution in [2.75, 3.05) is 0 Å². The summed E-state index contributed by atoms with van der Waals surface area (Å²) in [5.41, 5.74) is -0.471. The molecule has 0 radical (unpaired) electrons. The van der Waals surface area contributed by atoms with Gasteiger partial charge >= 0.3 is 179 Å². The van der Waals surface area contributed by atoms with E-state index < -0.39 is 18.4 Å². The summed E-state index contributed by atoms with van der Waals surface area (Å²) in [6.07, 6.45) is 15.2. The molecule has 0 aromatic carbocycles. The first-order chi connectivity index (χ1) is 13.3. The van der Waals surface area contributed by atoms with Crippen LogP contribution in [0, 0.1) is 23.2 Å². The van der Waals surface area contributed by atoms with E-state index in [0.29, 0.717) is 11.8 Å². The van der Waals surface area contributed by atoms with Crippen molar-refractivity contribution in [3.8, 4) is 0 Å². The maximum absolute atomic E-state index is 13.0. The maximum atomic E-state index is 13.0. The van der Waals surface area contributed by atoms with Gasteiger partial charge in [-0.1, -0.05) is 0 Å². The van der Waals surface area contributed by atoms with Gasteiger partial charge in [0.05, 0.1) is 0 Å². The van der Waals surface area contributed by atoms with Crippen LogP contribution in [-0.2, 0) is 9.53 Å². The topological polar surface area (TPSA) is 26.3 Å². The second-order valence-corrected chi connectivity index (χ2v) is 24.8. The fraction of sp³-hybridized carbons (Fsp3) is 0.880. The molecule has 1 saturated carbocycles. The van der Waals surface area contributed by atoms with E-state index in [9.17, 15) is 4.79 Å². The first kappa shape index (κ1) is 22.7. The molecule has 0 aromatic heterocycles. The Morgan fingerprint density at radius 1 is 1.04 bits per heavy atom. The normalized spacial score (nSPS) is 33.2. The number of hydrogen-bond donors (Lipinski definition) is 0. The minimum atomic E-state index is -2.20. The molecule has 0 spiro atoms. The Morgan fingerprint density at radius 3 is 2.11 bits per heavy atom. The summed E-state index contributed by atoms with van der Waals surface area (Å²) in [6, 6.07) is 0. The predicted molar refractivity (Wildman–Crippen MR) is 121 cm³/mol. The Balaban J connectivity index is 1.86. The zero-order chi connectivity index (χ0) is 20.4. The van der Waals surface area contributed by atoms with Crippen molar-refractivity contribution in [2.45, 2.75) is 109 Å². The van der Waals surface area contributed by atoms with Crippen molar-refractivity contribution in [3.63, 3.8) is 0 Å². The van der Waals surface area contributed by atoms with Crippen LogP contribution in [0.2, 0.25) is 17.7 Å². The Morgan fingerprint density at radius 2 is 1.61 bits per heavy atom. The van der Waals surface area contributed by atoms with E-state index in [0.717, 1.165) is 18.8 Å². The van der Waals surface area contributed by atoms with Crippen molar-refractivity contribution < 1.29 is 9.53 Å². The molecule has 0 N–H and O–H groups in total. The fourth-order valence-electron chi connectivity index (χ4n) is 7.21. The van der Waals surface area contributed by atoms with Gasteiger partial charge in [-0.05, 0) is 0 Å². The molecule has 3 heteroatoms. The van der Waals surface area contributed by atoms with Crippen LogP contribution >= 0.6 is 0 Å². The quantitative estimate of drug-likeness (QED) is 0.170. The average Bonchev–Trinajstić information content (AvgIpc) is 3.00. The van der Waals surface area contributed by atoms with Gasteiger partial charge in [0.15, 0.2) is 0 Å². The number of rotatable bonds is 11. The number of esters is 1. The number of allylic oxidation sites excluding steroid dienone is 2. The van der Waals surface area contributed by atoms with E-state index in [1.165, 1.54) is 43.0 Å². The molecule has 28 heavy (non-hydrogen) atoms. The number of hydrogen-bond acceptors (Lipinski definition) is 2. The molecule has 2 nitrogen and oxygen atoms in total. The fourth-order valence-corrected chi connectivity index (χ4v) is 24.9. The third-order valence-corrected chi connectivity index (χ3v) is 24.5. The van der Waals surface area contributed by atoms with Crippen molar-refractivity contribution in [1.29, 1.82) is 0 Å². The van der Waals surface area contributed by atoms with Crippen LogP contribution in [0.4, 0.5) is 0 Å². The van der Waals surface area contributed by atoms with Gasteiger partial charge in [0, 0.05) is 0 Å². The van der Waals surface area contributed by atoms with Gasteiger partial charge in [0.2, 0.25) is 0 Å². The first-order valence-electron chi connectivity index (χ1n) is 12.2. The van der Waals surface area contributed by atoms with Gasteiger partial charge in [0.1, 0.15) is 0 Å². The summed E-state index contributed by atoms with van der Waals surface area (Å²) in [7, 11) is 0. The zero-order valence-electron chi connectivity index (χ0n) is 19.2. The second-order valence-electron chi connectivity index (χ2n) is 10.8. The standard InChI is InChI=1S/C13H17O2.3C4H9.Sn/c1-8-7-13-6-4-5-9(8)10(13)12(2,3)15-11(13)14;3*1-3-4-2;/h4-5,8-10H,1,6-7H2,2-3H3;3*1,3-4H2,2H3;/t8?,9-,10+,13-;;;;/m1..../s1. The zero-order valence-corrected chi connectivity index (χ0v) is 22.0. The molecular weight excluding hydrogens is 451 g/mol. The summed E-state index contributed by atoms with van der Waals surface area (Å²) in [5, 5.41) is 0. The summed E-state index contributed by atoms with van der Waals surface area (Å²) in [5.74, 6) is 1.86. The van der Waals surface area contributed by atoms with E-state index >= 15 is 0 Å². The molecule has 160 valence electrons. The molecule has 0 amide bonds. The van der Waals surface area contributed by atoms with Gasteiger partial charge < -0.3 is 0 Å². The predicted octanol–water partition coefficient (Wildman–Crippen LogP) is 7.37. The van der Waals surface area contributed by atoms with Gasteiger partial charge in [0.25, 0.3) is 0 Å². The molecule has 0 aromatic rings. The van der Waals surface area contributed by atoms with E-state index in [2.05, 4.69) is 46.8 Å². The second kappa shape index (κ2) is 9.02. The van der Waals surface area contributed by atoms with Crippen LogP contribution in [0.5, 0.6) is 0 Å². The molecule has 2 aliphatic carbocycles. The van der Waals surface area contributed by atoms with Crippen LogP contribution < -0.4 is 0 Å². The summed E-state index contributed by atoms with van der Waals surface area (Å²) in [6.45, 7) is 11.4. The number of cyclic esters (lactones) is 1. The van der Waals surface area contributed by atoms with Crippen LogP contribution in [0.1, 0.15) is 86.0 Å². The summed E-state index contributed by atoms with van der Waals surface area (Å²) in [4.78, 5) is 13.0. The van der Waals surface area contributed by atoms with Crippen molar-refractivity contribution in [3.05, 3.63) is 12.2 Å². The van der Waals surface area contributed by atoms with Gasteiger partial charge in [-0.25, -0.2) is 0 Å². The monoisotopic (exact) mass is 496 g/mol. The Kier molecular flexibility index (Phi) is 7.31. The van der Waals surface area contributed by atoms with Crippen molar-refractivity contribution in [2.24, 2.45) is 23.2 Å². The third kappa shape index (κ3) is 4.10. The van der Waals surface area contributed by atoms with Crippen LogP contribution in [-0.4, -0.2) is 29.9 Å². The molecule has 3 rings (SSSR count). The molecular formula is C25H44O2Sn. The van der Waals surface area contributed by atoms with E-state index in [1.807, 2.05) is 0 Å². The molecule has 2 bridgehead atoms. The number of ether oxygens (including phenoxy) is 1. The Hall–Kier alpha value is 0.00870. The molecule has 1 saturated heterocycles. The van der Waals surface area contributed by atoms with E-state index in [4.69, 9.17) is 4.74 Å². The average molecular weight is 495 g/mol. The Labute approximate surface area is 178 Å². The molecule has 1 heterocycles. The number of unbranched alkanes of at least 4 members (excludes halogenated alkanes) is 3. The van der Waals surface area contributed by atoms with E-state index in [1.54, 1.807) is 13.3 Å².